The molecule has 1 aliphatic carbocycles. The number of sulfonamides is 1. The van der Waals surface area contributed by atoms with Crippen LogP contribution in [0.5, 0.6) is 5.75 Å². The lowest BCUT2D eigenvalue weighted by Crippen LogP contribution is -2.53. The lowest BCUT2D eigenvalue weighted by Gasteiger charge is -2.32. The number of nitrogens with one attached hydrogen (secondary N) is 1. The van der Waals surface area contributed by atoms with Gasteiger partial charge in [-0.25, -0.2) is 8.42 Å². The Labute approximate surface area is 208 Å². The molecule has 0 heterocycles. The first-order valence-corrected chi connectivity index (χ1v) is 13.8. The van der Waals surface area contributed by atoms with Gasteiger partial charge >= 0.3 is 0 Å². The van der Waals surface area contributed by atoms with Gasteiger partial charge in [-0.05, 0) is 56.0 Å². The number of hydrogen-bond acceptors (Lipinski definition) is 5. The zero-order chi connectivity index (χ0) is 25.4. The average molecular weight is 502 g/mol. The fourth-order valence-corrected chi connectivity index (χ4v) is 5.17. The number of anilines is 1. The van der Waals surface area contributed by atoms with Crippen LogP contribution in [0.1, 0.15) is 38.2 Å². The summed E-state index contributed by atoms with van der Waals surface area (Å²) in [5.74, 6) is -0.0693. The Morgan fingerprint density at radius 3 is 2.26 bits per heavy atom. The summed E-state index contributed by atoms with van der Waals surface area (Å²) < 4.78 is 31.4. The molecule has 3 rings (SSSR count). The van der Waals surface area contributed by atoms with E-state index in [-0.39, 0.29) is 11.9 Å². The topological polar surface area (TPSA) is 96.0 Å². The third-order valence-corrected chi connectivity index (χ3v) is 7.53. The second-order valence-electron chi connectivity index (χ2n) is 8.96. The van der Waals surface area contributed by atoms with Gasteiger partial charge < -0.3 is 15.0 Å². The van der Waals surface area contributed by atoms with Crippen LogP contribution >= 0.6 is 0 Å². The maximum absolute atomic E-state index is 13.5. The largest absolute Gasteiger partial charge is 0.497 e. The van der Waals surface area contributed by atoms with Crippen molar-refractivity contribution in [1.29, 1.82) is 0 Å². The number of methoxy groups -OCH3 is 1. The minimum Gasteiger partial charge on any atom is -0.497 e. The van der Waals surface area contributed by atoms with Crippen LogP contribution in [-0.4, -0.2) is 63.7 Å². The van der Waals surface area contributed by atoms with Crippen LogP contribution in [0.15, 0.2) is 54.6 Å². The van der Waals surface area contributed by atoms with Gasteiger partial charge in [0.05, 0.1) is 19.1 Å². The minimum absolute atomic E-state index is 0.128. The Morgan fingerprint density at radius 2 is 1.69 bits per heavy atom. The van der Waals surface area contributed by atoms with E-state index in [0.29, 0.717) is 24.4 Å². The van der Waals surface area contributed by atoms with Crippen molar-refractivity contribution in [1.82, 2.24) is 10.2 Å². The number of hydrogen-bond donors (Lipinski definition) is 1. The number of ether oxygens (including phenoxy) is 1. The van der Waals surface area contributed by atoms with Crippen LogP contribution < -0.4 is 14.4 Å². The summed E-state index contributed by atoms with van der Waals surface area (Å²) in [6.07, 6.45) is 5.66. The second kappa shape index (κ2) is 12.1. The number of benzene rings is 2. The molecule has 0 aromatic heterocycles. The van der Waals surface area contributed by atoms with Crippen molar-refractivity contribution in [2.45, 2.75) is 51.1 Å². The number of nitrogens with zero attached hydrogens (tertiary/aromatic N) is 2. The summed E-state index contributed by atoms with van der Waals surface area (Å²) in [4.78, 5) is 28.0. The van der Waals surface area contributed by atoms with Crippen molar-refractivity contribution in [3.05, 3.63) is 60.2 Å². The molecule has 1 fully saturated rings. The fourth-order valence-electron chi connectivity index (χ4n) is 4.32. The molecule has 0 saturated heterocycles. The third-order valence-electron chi connectivity index (χ3n) is 6.39. The van der Waals surface area contributed by atoms with Gasteiger partial charge in [-0.3, -0.25) is 13.9 Å². The summed E-state index contributed by atoms with van der Waals surface area (Å²) in [5, 5.41) is 3.06. The van der Waals surface area contributed by atoms with Gasteiger partial charge in [-0.1, -0.05) is 43.2 Å². The molecular formula is C26H35N3O5S. The van der Waals surface area contributed by atoms with Crippen LogP contribution in [0.4, 0.5) is 5.69 Å². The lowest BCUT2D eigenvalue weighted by molar-refractivity contribution is -0.139. The highest BCUT2D eigenvalue weighted by Crippen LogP contribution is 2.22. The molecule has 0 bridgehead atoms. The lowest BCUT2D eigenvalue weighted by atomic mass is 10.1. The van der Waals surface area contributed by atoms with Crippen molar-refractivity contribution in [2.24, 2.45) is 0 Å². The average Bonchev–Trinajstić information content (AvgIpc) is 3.35. The van der Waals surface area contributed by atoms with Gasteiger partial charge in [0.15, 0.2) is 0 Å². The van der Waals surface area contributed by atoms with E-state index in [0.717, 1.165) is 41.8 Å². The highest BCUT2D eigenvalue weighted by molar-refractivity contribution is 7.92. The maximum atomic E-state index is 13.5. The first kappa shape index (κ1) is 26.5. The molecule has 2 aromatic rings. The molecule has 1 atom stereocenters. The Hall–Kier alpha value is -3.07. The zero-order valence-electron chi connectivity index (χ0n) is 20.6. The van der Waals surface area contributed by atoms with E-state index < -0.39 is 28.5 Å². The Bertz CT molecular complexity index is 1080. The highest BCUT2D eigenvalue weighted by atomic mass is 32.2. The molecule has 8 nitrogen and oxygen atoms in total. The molecule has 1 N–H and O–H groups in total. The first-order valence-electron chi connectivity index (χ1n) is 11.9. The quantitative estimate of drug-likeness (QED) is 0.511. The van der Waals surface area contributed by atoms with E-state index >= 15 is 0 Å². The highest BCUT2D eigenvalue weighted by Gasteiger charge is 2.31. The van der Waals surface area contributed by atoms with Gasteiger partial charge in [0.25, 0.3) is 0 Å². The molecule has 190 valence electrons. The Kier molecular flexibility index (Phi) is 9.14. The molecule has 0 aliphatic heterocycles. The fraction of sp³-hybridized carbons (Fsp3) is 0.462. The van der Waals surface area contributed by atoms with Gasteiger partial charge in [0.2, 0.25) is 21.8 Å². The molecule has 1 aliphatic rings. The van der Waals surface area contributed by atoms with Crippen LogP contribution in [0.3, 0.4) is 0 Å². The number of rotatable bonds is 11. The summed E-state index contributed by atoms with van der Waals surface area (Å²) in [7, 11) is -2.23. The monoisotopic (exact) mass is 501 g/mol. The summed E-state index contributed by atoms with van der Waals surface area (Å²) >= 11 is 0. The van der Waals surface area contributed by atoms with Crippen molar-refractivity contribution >= 4 is 27.5 Å². The van der Waals surface area contributed by atoms with Gasteiger partial charge in [0, 0.05) is 12.6 Å². The van der Waals surface area contributed by atoms with Crippen molar-refractivity contribution in [3.8, 4) is 5.75 Å². The Morgan fingerprint density at radius 1 is 1.06 bits per heavy atom. The number of amides is 2. The number of carbonyl (C=O) groups excluding carboxylic acids is 2. The predicted molar refractivity (Wildman–Crippen MR) is 137 cm³/mol. The second-order valence-corrected chi connectivity index (χ2v) is 10.9. The Balaban J connectivity index is 1.81. The molecule has 9 heteroatoms. The minimum atomic E-state index is -3.75. The summed E-state index contributed by atoms with van der Waals surface area (Å²) in [6.45, 7) is 1.59. The van der Waals surface area contributed by atoms with Crippen LogP contribution in [0.2, 0.25) is 0 Å². The van der Waals surface area contributed by atoms with Gasteiger partial charge in [-0.15, -0.1) is 0 Å². The third kappa shape index (κ3) is 7.45. The zero-order valence-corrected chi connectivity index (χ0v) is 21.5. The molecule has 0 radical (unpaired) electrons. The predicted octanol–water partition coefficient (Wildman–Crippen LogP) is 2.98. The van der Waals surface area contributed by atoms with E-state index in [1.54, 1.807) is 31.2 Å². The molecule has 2 amide bonds. The van der Waals surface area contributed by atoms with E-state index in [2.05, 4.69) is 5.32 Å². The van der Waals surface area contributed by atoms with Crippen molar-refractivity contribution in [2.75, 3.05) is 30.8 Å². The summed E-state index contributed by atoms with van der Waals surface area (Å²) in [5.41, 5.74) is 1.39. The first-order chi connectivity index (χ1) is 16.7. The molecule has 0 unspecified atom stereocenters. The number of carbonyl (C=O) groups is 2. The summed E-state index contributed by atoms with van der Waals surface area (Å²) in [6, 6.07) is 15.6. The van der Waals surface area contributed by atoms with E-state index in [1.165, 1.54) is 12.0 Å². The molecule has 0 spiro atoms. The van der Waals surface area contributed by atoms with Gasteiger partial charge in [-0.2, -0.15) is 0 Å². The van der Waals surface area contributed by atoms with E-state index in [4.69, 9.17) is 4.74 Å². The van der Waals surface area contributed by atoms with Crippen molar-refractivity contribution < 1.29 is 22.7 Å². The smallest absolute Gasteiger partial charge is 0.244 e. The standard InChI is InChI=1S/C26H35N3O5S/c1-20(26(31)27-22-11-7-8-12-22)28(18-17-21-9-5-4-6-10-21)25(30)19-29(35(3,32)33)23-13-15-24(34-2)16-14-23/h4-6,9-10,13-16,20,22H,7-8,11-12,17-19H2,1-3H3,(H,27,31)/t20-/m1/s1. The normalized spacial score (nSPS) is 14.8. The van der Waals surface area contributed by atoms with Gasteiger partial charge in [0.1, 0.15) is 18.3 Å². The SMILES string of the molecule is COc1ccc(N(CC(=O)N(CCc2ccccc2)[C@H](C)C(=O)NC2CCCC2)S(C)(=O)=O)cc1. The van der Waals surface area contributed by atoms with E-state index in [9.17, 15) is 18.0 Å². The van der Waals surface area contributed by atoms with Crippen molar-refractivity contribution in [3.63, 3.8) is 0 Å². The maximum Gasteiger partial charge on any atom is 0.244 e. The molecule has 35 heavy (non-hydrogen) atoms. The molecule has 2 aromatic carbocycles. The molecule has 1 saturated carbocycles. The molecular weight excluding hydrogens is 466 g/mol. The van der Waals surface area contributed by atoms with E-state index in [1.807, 2.05) is 30.3 Å². The van der Waals surface area contributed by atoms with Crippen LogP contribution in [-0.2, 0) is 26.0 Å². The van der Waals surface area contributed by atoms with Crippen LogP contribution in [0, 0.1) is 0 Å². The van der Waals surface area contributed by atoms with Crippen LogP contribution in [0.25, 0.3) is 0 Å².